The van der Waals surface area contributed by atoms with Crippen molar-refractivity contribution in [1.82, 2.24) is 24.7 Å². The molecular weight excluding hydrogens is 467 g/mol. The Balaban J connectivity index is 1.39. The summed E-state index contributed by atoms with van der Waals surface area (Å²) in [5, 5.41) is 7.16. The fraction of sp³-hybridized carbons (Fsp3) is 0.409. The molecule has 3 aromatic rings. The van der Waals surface area contributed by atoms with Crippen LogP contribution in [0.2, 0.25) is 0 Å². The molecule has 0 spiro atoms. The zero-order chi connectivity index (χ0) is 24.4. The summed E-state index contributed by atoms with van der Waals surface area (Å²) in [5.41, 5.74) is -0.516. The average molecular weight is 489 g/mol. The minimum atomic E-state index is -4.64. The lowest BCUT2D eigenvalue weighted by molar-refractivity contribution is -0.137. The van der Waals surface area contributed by atoms with Crippen LogP contribution in [0.5, 0.6) is 0 Å². The van der Waals surface area contributed by atoms with Crippen LogP contribution in [0.1, 0.15) is 24.4 Å². The topological polar surface area (TPSA) is 107 Å². The molecule has 1 amide bonds. The first-order valence-corrected chi connectivity index (χ1v) is 11.1. The van der Waals surface area contributed by atoms with Crippen molar-refractivity contribution in [3.05, 3.63) is 42.5 Å². The van der Waals surface area contributed by atoms with Gasteiger partial charge in [-0.05, 0) is 25.0 Å². The van der Waals surface area contributed by atoms with Gasteiger partial charge < -0.3 is 14.8 Å². The SMILES string of the molecule is O=C1COCCN1c1ccc(Nc2ncc(C(F)(F)F)c(-c3cnn(C4CCOCC4)c3)n2)cn1. The zero-order valence-electron chi connectivity index (χ0n) is 18.5. The van der Waals surface area contributed by atoms with E-state index in [4.69, 9.17) is 9.47 Å². The number of rotatable bonds is 5. The van der Waals surface area contributed by atoms with Crippen LogP contribution in [-0.2, 0) is 20.4 Å². The molecule has 35 heavy (non-hydrogen) atoms. The molecule has 0 aliphatic carbocycles. The molecule has 0 radical (unpaired) electrons. The molecule has 2 fully saturated rings. The van der Waals surface area contributed by atoms with Gasteiger partial charge in [-0.3, -0.25) is 14.4 Å². The monoisotopic (exact) mass is 489 g/mol. The summed E-state index contributed by atoms with van der Waals surface area (Å²) in [7, 11) is 0. The van der Waals surface area contributed by atoms with Gasteiger partial charge in [-0.1, -0.05) is 0 Å². The van der Waals surface area contributed by atoms with Crippen molar-refractivity contribution in [3.63, 3.8) is 0 Å². The summed E-state index contributed by atoms with van der Waals surface area (Å²) in [6.07, 6.45) is 2.01. The molecule has 0 atom stereocenters. The van der Waals surface area contributed by atoms with Crippen molar-refractivity contribution in [2.24, 2.45) is 0 Å². The molecule has 5 rings (SSSR count). The van der Waals surface area contributed by atoms with Crippen molar-refractivity contribution in [1.29, 1.82) is 0 Å². The Bertz CT molecular complexity index is 1190. The Morgan fingerprint density at radius 2 is 1.86 bits per heavy atom. The summed E-state index contributed by atoms with van der Waals surface area (Å²) < 4.78 is 53.3. The first kappa shape index (κ1) is 23.2. The molecule has 13 heteroatoms. The van der Waals surface area contributed by atoms with E-state index in [-0.39, 0.29) is 35.8 Å². The van der Waals surface area contributed by atoms with Crippen LogP contribution < -0.4 is 10.2 Å². The number of ether oxygens (including phenoxy) is 2. The number of pyridine rings is 1. The molecule has 0 saturated carbocycles. The highest BCUT2D eigenvalue weighted by Crippen LogP contribution is 2.36. The van der Waals surface area contributed by atoms with E-state index < -0.39 is 11.7 Å². The lowest BCUT2D eigenvalue weighted by Crippen LogP contribution is -2.42. The Hall–Kier alpha value is -3.58. The van der Waals surface area contributed by atoms with Crippen LogP contribution >= 0.6 is 0 Å². The quantitative estimate of drug-likeness (QED) is 0.582. The first-order valence-electron chi connectivity index (χ1n) is 11.1. The number of hydrogen-bond donors (Lipinski definition) is 1. The Morgan fingerprint density at radius 1 is 1.03 bits per heavy atom. The van der Waals surface area contributed by atoms with Gasteiger partial charge in [0.2, 0.25) is 5.95 Å². The van der Waals surface area contributed by atoms with Gasteiger partial charge in [-0.25, -0.2) is 15.0 Å². The molecule has 184 valence electrons. The third-order valence-electron chi connectivity index (χ3n) is 5.80. The van der Waals surface area contributed by atoms with Crippen LogP contribution in [0.3, 0.4) is 0 Å². The predicted molar refractivity (Wildman–Crippen MR) is 118 cm³/mol. The molecular formula is C22H22F3N7O3. The summed E-state index contributed by atoms with van der Waals surface area (Å²) in [6.45, 7) is 1.98. The minimum absolute atomic E-state index is 0.00500. The first-order chi connectivity index (χ1) is 16.9. The van der Waals surface area contributed by atoms with Gasteiger partial charge in [0.15, 0.2) is 0 Å². The molecule has 0 unspecified atom stereocenters. The standard InChI is InChI=1S/C22H22F3N7O3/c23-22(24,25)17-11-27-21(29-15-1-2-18(26-10-15)31-5-8-35-13-19(31)33)30-20(17)14-9-28-32(12-14)16-3-6-34-7-4-16/h1-2,9-12,16H,3-8,13H2,(H,27,29,30). The summed E-state index contributed by atoms with van der Waals surface area (Å²) in [5.74, 6) is 0.240. The van der Waals surface area contributed by atoms with Crippen LogP contribution in [0.15, 0.2) is 36.9 Å². The third kappa shape index (κ3) is 5.10. The molecule has 2 aliphatic rings. The number of morpholine rings is 1. The van der Waals surface area contributed by atoms with Crippen molar-refractivity contribution in [2.45, 2.75) is 25.1 Å². The lowest BCUT2D eigenvalue weighted by atomic mass is 10.1. The van der Waals surface area contributed by atoms with Gasteiger partial charge in [0.1, 0.15) is 18.0 Å². The second kappa shape index (κ2) is 9.58. The van der Waals surface area contributed by atoms with E-state index in [1.165, 1.54) is 17.3 Å². The molecule has 1 N–H and O–H groups in total. The number of halogens is 3. The lowest BCUT2D eigenvalue weighted by Gasteiger charge is -2.25. The van der Waals surface area contributed by atoms with E-state index in [1.807, 2.05) is 0 Å². The highest BCUT2D eigenvalue weighted by Gasteiger charge is 2.36. The van der Waals surface area contributed by atoms with E-state index >= 15 is 0 Å². The summed E-state index contributed by atoms with van der Waals surface area (Å²) in [6, 6.07) is 3.35. The maximum absolute atomic E-state index is 13.7. The van der Waals surface area contributed by atoms with Crippen LogP contribution in [-0.4, -0.2) is 63.6 Å². The number of aromatic nitrogens is 5. The maximum Gasteiger partial charge on any atom is 0.419 e. The van der Waals surface area contributed by atoms with E-state index in [0.717, 1.165) is 19.0 Å². The maximum atomic E-state index is 13.7. The fourth-order valence-electron chi connectivity index (χ4n) is 3.99. The molecule has 3 aromatic heterocycles. The smallest absolute Gasteiger partial charge is 0.381 e. The van der Waals surface area contributed by atoms with Crippen molar-refractivity contribution < 1.29 is 27.4 Å². The van der Waals surface area contributed by atoms with Crippen LogP contribution in [0.25, 0.3) is 11.3 Å². The second-order valence-corrected chi connectivity index (χ2v) is 8.13. The number of anilines is 3. The van der Waals surface area contributed by atoms with Gasteiger partial charge in [-0.15, -0.1) is 0 Å². The average Bonchev–Trinajstić information content (AvgIpc) is 3.35. The predicted octanol–water partition coefficient (Wildman–Crippen LogP) is 3.21. The molecule has 5 heterocycles. The van der Waals surface area contributed by atoms with Crippen molar-refractivity contribution >= 4 is 23.4 Å². The summed E-state index contributed by atoms with van der Waals surface area (Å²) in [4.78, 5) is 25.8. The van der Waals surface area contributed by atoms with Gasteiger partial charge in [0.05, 0.1) is 43.0 Å². The van der Waals surface area contributed by atoms with Gasteiger partial charge in [-0.2, -0.15) is 18.3 Å². The number of amides is 1. The van der Waals surface area contributed by atoms with Gasteiger partial charge >= 0.3 is 6.18 Å². The number of alkyl halides is 3. The van der Waals surface area contributed by atoms with E-state index in [1.54, 1.807) is 23.0 Å². The highest BCUT2D eigenvalue weighted by atomic mass is 19.4. The summed E-state index contributed by atoms with van der Waals surface area (Å²) >= 11 is 0. The van der Waals surface area contributed by atoms with Crippen molar-refractivity contribution in [3.8, 4) is 11.3 Å². The molecule has 0 bridgehead atoms. The van der Waals surface area contributed by atoms with Gasteiger partial charge in [0, 0.05) is 31.2 Å². The van der Waals surface area contributed by atoms with Gasteiger partial charge in [0.25, 0.3) is 5.91 Å². The molecule has 2 aliphatic heterocycles. The number of carbonyl (C=O) groups excluding carboxylic acids is 1. The Labute approximate surface area is 198 Å². The van der Waals surface area contributed by atoms with E-state index in [0.29, 0.717) is 37.9 Å². The van der Waals surface area contributed by atoms with E-state index in [9.17, 15) is 18.0 Å². The van der Waals surface area contributed by atoms with Crippen LogP contribution in [0, 0.1) is 0 Å². The molecule has 2 saturated heterocycles. The third-order valence-corrected chi connectivity index (χ3v) is 5.80. The normalized spacial score (nSPS) is 17.6. The Morgan fingerprint density at radius 3 is 2.57 bits per heavy atom. The number of hydrogen-bond acceptors (Lipinski definition) is 8. The largest absolute Gasteiger partial charge is 0.419 e. The number of carbonyl (C=O) groups is 1. The second-order valence-electron chi connectivity index (χ2n) is 8.13. The minimum Gasteiger partial charge on any atom is -0.381 e. The Kier molecular flexibility index (Phi) is 6.34. The fourth-order valence-corrected chi connectivity index (χ4v) is 3.99. The van der Waals surface area contributed by atoms with E-state index in [2.05, 4.69) is 25.4 Å². The van der Waals surface area contributed by atoms with Crippen molar-refractivity contribution in [2.75, 3.05) is 43.2 Å². The zero-order valence-corrected chi connectivity index (χ0v) is 18.5. The van der Waals surface area contributed by atoms with Crippen LogP contribution in [0.4, 0.5) is 30.6 Å². The molecule has 10 nitrogen and oxygen atoms in total. The number of nitrogens with zero attached hydrogens (tertiary/aromatic N) is 6. The number of nitrogens with one attached hydrogen (secondary N) is 1. The molecule has 0 aromatic carbocycles. The highest BCUT2D eigenvalue weighted by molar-refractivity contribution is 5.94.